The van der Waals surface area contributed by atoms with Crippen LogP contribution in [0.15, 0.2) is 42.5 Å². The molecule has 0 spiro atoms. The van der Waals surface area contributed by atoms with Crippen LogP contribution in [0.2, 0.25) is 0 Å². The van der Waals surface area contributed by atoms with E-state index in [2.05, 4.69) is 4.72 Å². The van der Waals surface area contributed by atoms with Gasteiger partial charge in [0.1, 0.15) is 11.9 Å². The van der Waals surface area contributed by atoms with Crippen LogP contribution in [0.1, 0.15) is 49.0 Å². The monoisotopic (exact) mass is 428 g/mol. The lowest BCUT2D eigenvalue weighted by Crippen LogP contribution is -2.44. The van der Waals surface area contributed by atoms with E-state index in [1.54, 1.807) is 44.2 Å². The van der Waals surface area contributed by atoms with E-state index < -0.39 is 21.2 Å². The average Bonchev–Trinajstić information content (AvgIpc) is 3.13. The zero-order chi connectivity index (χ0) is 21.9. The first-order valence-electron chi connectivity index (χ1n) is 9.77. The molecule has 30 heavy (non-hydrogen) atoms. The van der Waals surface area contributed by atoms with Crippen molar-refractivity contribution in [2.24, 2.45) is 0 Å². The summed E-state index contributed by atoms with van der Waals surface area (Å²) in [6.45, 7) is 3.29. The van der Waals surface area contributed by atoms with E-state index in [1.807, 2.05) is 6.07 Å². The number of carbonyl (C=O) groups is 1. The fourth-order valence-electron chi connectivity index (χ4n) is 3.46. The van der Waals surface area contributed by atoms with Gasteiger partial charge >= 0.3 is 5.97 Å². The Bertz CT molecular complexity index is 1070. The van der Waals surface area contributed by atoms with Crippen LogP contribution in [0.3, 0.4) is 0 Å². The minimum absolute atomic E-state index is 0.0615. The van der Waals surface area contributed by atoms with Crippen molar-refractivity contribution in [2.45, 2.75) is 50.5 Å². The van der Waals surface area contributed by atoms with Crippen LogP contribution in [0.5, 0.6) is 5.75 Å². The van der Waals surface area contributed by atoms with Crippen LogP contribution in [-0.4, -0.2) is 36.9 Å². The van der Waals surface area contributed by atoms with Crippen LogP contribution in [-0.2, 0) is 10.0 Å². The third kappa shape index (κ3) is 4.81. The number of nitriles is 1. The fourth-order valence-corrected chi connectivity index (χ4v) is 4.42. The van der Waals surface area contributed by atoms with Gasteiger partial charge in [0.05, 0.1) is 28.5 Å². The molecule has 2 aromatic rings. The summed E-state index contributed by atoms with van der Waals surface area (Å²) in [5, 5.41) is 18.0. The van der Waals surface area contributed by atoms with Gasteiger partial charge in [0.2, 0.25) is 10.0 Å². The standard InChI is InChI=1S/C22H24N2O5S/c1-14(2)30(27,28)24-20-4-3-5-21(20)29-18-9-6-15(7-10-18)19-11-8-16(22(25)26)12-17(19)13-23/h6-12,14,20-21,24H,3-5H2,1-2H3,(H,25,26)/t20-,21+/m0/s1. The highest BCUT2D eigenvalue weighted by Gasteiger charge is 2.33. The molecule has 0 radical (unpaired) electrons. The Hall–Kier alpha value is -2.89. The second-order valence-corrected chi connectivity index (χ2v) is 9.88. The number of carboxylic acids is 1. The molecule has 7 nitrogen and oxygen atoms in total. The third-order valence-electron chi connectivity index (χ3n) is 5.23. The fraction of sp³-hybridized carbons (Fsp3) is 0.364. The molecule has 0 heterocycles. The van der Waals surface area contributed by atoms with Gasteiger partial charge in [-0.3, -0.25) is 0 Å². The summed E-state index contributed by atoms with van der Waals surface area (Å²) in [5.41, 5.74) is 1.74. The molecule has 0 aromatic heterocycles. The van der Waals surface area contributed by atoms with E-state index in [0.29, 0.717) is 11.3 Å². The van der Waals surface area contributed by atoms with Crippen LogP contribution < -0.4 is 9.46 Å². The molecule has 1 fully saturated rings. The quantitative estimate of drug-likeness (QED) is 0.697. The summed E-state index contributed by atoms with van der Waals surface area (Å²) >= 11 is 0. The van der Waals surface area contributed by atoms with Crippen molar-refractivity contribution in [3.8, 4) is 22.9 Å². The molecule has 0 saturated heterocycles. The topological polar surface area (TPSA) is 116 Å². The number of carboxylic acid groups (broad SMARTS) is 1. The minimum atomic E-state index is -3.37. The maximum atomic E-state index is 12.2. The van der Waals surface area contributed by atoms with Crippen molar-refractivity contribution >= 4 is 16.0 Å². The molecule has 1 saturated carbocycles. The Kier molecular flexibility index (Phi) is 6.44. The highest BCUT2D eigenvalue weighted by Crippen LogP contribution is 2.29. The molecular formula is C22H24N2O5S. The predicted molar refractivity (Wildman–Crippen MR) is 113 cm³/mol. The summed E-state index contributed by atoms with van der Waals surface area (Å²) in [6, 6.07) is 13.4. The lowest BCUT2D eigenvalue weighted by Gasteiger charge is -2.23. The zero-order valence-electron chi connectivity index (χ0n) is 16.8. The minimum Gasteiger partial charge on any atom is -0.489 e. The maximum Gasteiger partial charge on any atom is 0.335 e. The molecule has 2 N–H and O–H groups in total. The van der Waals surface area contributed by atoms with Crippen molar-refractivity contribution in [1.82, 2.24) is 4.72 Å². The van der Waals surface area contributed by atoms with Gasteiger partial charge in [-0.2, -0.15) is 5.26 Å². The van der Waals surface area contributed by atoms with Crippen molar-refractivity contribution in [2.75, 3.05) is 0 Å². The summed E-state index contributed by atoms with van der Waals surface area (Å²) < 4.78 is 33.2. The number of hydrogen-bond donors (Lipinski definition) is 2. The molecule has 2 atom stereocenters. The number of benzene rings is 2. The normalized spacial score (nSPS) is 18.9. The maximum absolute atomic E-state index is 12.2. The van der Waals surface area contributed by atoms with E-state index in [9.17, 15) is 18.5 Å². The molecule has 0 amide bonds. The average molecular weight is 429 g/mol. The second-order valence-electron chi connectivity index (χ2n) is 7.61. The molecule has 1 aliphatic rings. The van der Waals surface area contributed by atoms with Gasteiger partial charge in [0.15, 0.2) is 0 Å². The molecule has 0 unspecified atom stereocenters. The van der Waals surface area contributed by atoms with Gasteiger partial charge in [0.25, 0.3) is 0 Å². The summed E-state index contributed by atoms with van der Waals surface area (Å²) in [5.74, 6) is -0.471. The van der Waals surface area contributed by atoms with Gasteiger partial charge in [-0.25, -0.2) is 17.9 Å². The lowest BCUT2D eigenvalue weighted by atomic mass is 9.98. The molecule has 0 aliphatic heterocycles. The van der Waals surface area contributed by atoms with Crippen molar-refractivity contribution in [3.63, 3.8) is 0 Å². The number of nitrogens with one attached hydrogen (secondary N) is 1. The van der Waals surface area contributed by atoms with Crippen LogP contribution in [0, 0.1) is 11.3 Å². The molecule has 158 valence electrons. The predicted octanol–water partition coefficient (Wildman–Crippen LogP) is 3.55. The van der Waals surface area contributed by atoms with Gasteiger partial charge in [-0.1, -0.05) is 18.2 Å². The first-order chi connectivity index (χ1) is 14.2. The van der Waals surface area contributed by atoms with E-state index in [-0.39, 0.29) is 23.3 Å². The molecular weight excluding hydrogens is 404 g/mol. The Morgan fingerprint density at radius 2 is 1.90 bits per heavy atom. The lowest BCUT2D eigenvalue weighted by molar-refractivity contribution is 0.0697. The van der Waals surface area contributed by atoms with Gasteiger partial charge < -0.3 is 9.84 Å². The highest BCUT2D eigenvalue weighted by atomic mass is 32.2. The van der Waals surface area contributed by atoms with Crippen LogP contribution in [0.4, 0.5) is 0 Å². The van der Waals surface area contributed by atoms with Gasteiger partial charge in [-0.05, 0) is 68.5 Å². The smallest absolute Gasteiger partial charge is 0.335 e. The zero-order valence-corrected chi connectivity index (χ0v) is 17.6. The van der Waals surface area contributed by atoms with Crippen LogP contribution >= 0.6 is 0 Å². The van der Waals surface area contributed by atoms with E-state index in [0.717, 1.165) is 24.8 Å². The van der Waals surface area contributed by atoms with Crippen molar-refractivity contribution in [3.05, 3.63) is 53.6 Å². The number of ether oxygens (including phenoxy) is 1. The summed E-state index contributed by atoms with van der Waals surface area (Å²) in [4.78, 5) is 11.1. The first-order valence-corrected chi connectivity index (χ1v) is 11.3. The van der Waals surface area contributed by atoms with Crippen molar-refractivity contribution < 1.29 is 23.1 Å². The van der Waals surface area contributed by atoms with E-state index >= 15 is 0 Å². The molecule has 0 bridgehead atoms. The molecule has 1 aliphatic carbocycles. The van der Waals surface area contributed by atoms with E-state index in [1.165, 1.54) is 12.1 Å². The molecule has 8 heteroatoms. The van der Waals surface area contributed by atoms with Gasteiger partial charge in [-0.15, -0.1) is 0 Å². The SMILES string of the molecule is CC(C)S(=O)(=O)N[C@H]1CCC[C@H]1Oc1ccc(-c2ccc(C(=O)O)cc2C#N)cc1. The number of nitrogens with zero attached hydrogens (tertiary/aromatic N) is 1. The summed E-state index contributed by atoms with van der Waals surface area (Å²) in [6.07, 6.45) is 2.14. The van der Waals surface area contributed by atoms with Crippen molar-refractivity contribution in [1.29, 1.82) is 5.26 Å². The number of rotatable bonds is 7. The van der Waals surface area contributed by atoms with Gasteiger partial charge in [0, 0.05) is 0 Å². The second kappa shape index (κ2) is 8.86. The Balaban J connectivity index is 1.75. The largest absolute Gasteiger partial charge is 0.489 e. The number of sulfonamides is 1. The molecule has 2 aromatic carbocycles. The highest BCUT2D eigenvalue weighted by molar-refractivity contribution is 7.90. The Morgan fingerprint density at radius 1 is 1.20 bits per heavy atom. The Morgan fingerprint density at radius 3 is 2.50 bits per heavy atom. The number of hydrogen-bond acceptors (Lipinski definition) is 5. The van der Waals surface area contributed by atoms with E-state index in [4.69, 9.17) is 9.84 Å². The Labute approximate surface area is 176 Å². The first kappa shape index (κ1) is 21.8. The third-order valence-corrected chi connectivity index (χ3v) is 7.10. The number of aromatic carboxylic acids is 1. The van der Waals surface area contributed by atoms with Crippen LogP contribution in [0.25, 0.3) is 11.1 Å². The molecule has 3 rings (SSSR count). The summed E-state index contributed by atoms with van der Waals surface area (Å²) in [7, 11) is -3.37.